The van der Waals surface area contributed by atoms with Gasteiger partial charge in [-0.1, -0.05) is 18.2 Å². The average Bonchev–Trinajstić information content (AvgIpc) is 2.66. The van der Waals surface area contributed by atoms with E-state index in [0.29, 0.717) is 22.0 Å². The lowest BCUT2D eigenvalue weighted by molar-refractivity contribution is 0.415. The van der Waals surface area contributed by atoms with Gasteiger partial charge in [0.2, 0.25) is 0 Å². The lowest BCUT2D eigenvalue weighted by Gasteiger charge is -2.08. The van der Waals surface area contributed by atoms with Crippen LogP contribution in [0, 0.1) is 0 Å². The molecule has 7 heteroatoms. The van der Waals surface area contributed by atoms with Crippen molar-refractivity contribution in [2.75, 3.05) is 12.4 Å². The molecular formula is C19H17N3O3S. The Labute approximate surface area is 155 Å². The topological polar surface area (TPSA) is 75.9 Å². The highest BCUT2D eigenvalue weighted by molar-refractivity contribution is 7.80. The largest absolute Gasteiger partial charge is 0.497 e. The third-order valence-corrected chi connectivity index (χ3v) is 3.90. The molecule has 0 saturated heterocycles. The van der Waals surface area contributed by atoms with Crippen molar-refractivity contribution < 1.29 is 9.15 Å². The molecule has 26 heavy (non-hydrogen) atoms. The molecule has 0 radical (unpaired) electrons. The fourth-order valence-corrected chi connectivity index (χ4v) is 2.51. The second-order valence-electron chi connectivity index (χ2n) is 5.48. The molecule has 132 valence electrons. The fourth-order valence-electron chi connectivity index (χ4n) is 2.34. The quantitative estimate of drug-likeness (QED) is 0.318. The highest BCUT2D eigenvalue weighted by Gasteiger charge is 2.08. The monoisotopic (exact) mass is 367 g/mol. The van der Waals surface area contributed by atoms with Gasteiger partial charge in [0.1, 0.15) is 11.3 Å². The van der Waals surface area contributed by atoms with Gasteiger partial charge < -0.3 is 14.5 Å². The van der Waals surface area contributed by atoms with Crippen molar-refractivity contribution in [3.8, 4) is 5.75 Å². The average molecular weight is 367 g/mol. The van der Waals surface area contributed by atoms with E-state index in [1.165, 1.54) is 0 Å². The van der Waals surface area contributed by atoms with Crippen LogP contribution in [0.1, 0.15) is 12.5 Å². The molecule has 1 heterocycles. The van der Waals surface area contributed by atoms with Gasteiger partial charge in [0.15, 0.2) is 5.11 Å². The summed E-state index contributed by atoms with van der Waals surface area (Å²) in [6.07, 6.45) is 0. The number of hydrogen-bond acceptors (Lipinski definition) is 5. The first-order chi connectivity index (χ1) is 12.6. The van der Waals surface area contributed by atoms with Gasteiger partial charge in [-0.2, -0.15) is 5.10 Å². The summed E-state index contributed by atoms with van der Waals surface area (Å²) >= 11 is 5.21. The summed E-state index contributed by atoms with van der Waals surface area (Å²) in [5.41, 5.74) is 4.47. The number of methoxy groups -OCH3 is 1. The molecule has 0 aliphatic heterocycles. The van der Waals surface area contributed by atoms with Crippen LogP contribution in [0.2, 0.25) is 0 Å². The third-order valence-electron chi connectivity index (χ3n) is 3.70. The highest BCUT2D eigenvalue weighted by Crippen LogP contribution is 2.15. The van der Waals surface area contributed by atoms with Crippen LogP contribution in [0.15, 0.2) is 68.9 Å². The van der Waals surface area contributed by atoms with E-state index in [1.807, 2.05) is 42.5 Å². The molecule has 3 aromatic rings. The zero-order valence-electron chi connectivity index (χ0n) is 14.3. The summed E-state index contributed by atoms with van der Waals surface area (Å²) in [7, 11) is 1.61. The van der Waals surface area contributed by atoms with Crippen molar-refractivity contribution in [2.24, 2.45) is 5.10 Å². The smallest absolute Gasteiger partial charge is 0.345 e. The summed E-state index contributed by atoms with van der Waals surface area (Å²) in [4.78, 5) is 12.1. The molecule has 0 unspecified atom stereocenters. The van der Waals surface area contributed by atoms with Crippen LogP contribution in [-0.4, -0.2) is 17.9 Å². The second-order valence-corrected chi connectivity index (χ2v) is 5.89. The Morgan fingerprint density at radius 3 is 2.62 bits per heavy atom. The predicted molar refractivity (Wildman–Crippen MR) is 107 cm³/mol. The van der Waals surface area contributed by atoms with Crippen molar-refractivity contribution >= 4 is 39.7 Å². The Kier molecular flexibility index (Phi) is 5.28. The Balaban J connectivity index is 1.72. The molecule has 6 nitrogen and oxygen atoms in total. The maximum absolute atomic E-state index is 12.1. The summed E-state index contributed by atoms with van der Waals surface area (Å²) in [5.74, 6) is 0.756. The van der Waals surface area contributed by atoms with Crippen LogP contribution in [0.5, 0.6) is 5.75 Å². The van der Waals surface area contributed by atoms with Gasteiger partial charge in [-0.3, -0.25) is 5.43 Å². The molecule has 0 spiro atoms. The normalized spacial score (nSPS) is 11.2. The molecule has 3 rings (SSSR count). The lowest BCUT2D eigenvalue weighted by Crippen LogP contribution is -2.25. The van der Waals surface area contributed by atoms with E-state index in [1.54, 1.807) is 26.2 Å². The second kappa shape index (κ2) is 7.79. The van der Waals surface area contributed by atoms with Crippen LogP contribution in [0.25, 0.3) is 11.0 Å². The van der Waals surface area contributed by atoms with Crippen LogP contribution >= 0.6 is 12.2 Å². The predicted octanol–water partition coefficient (Wildman–Crippen LogP) is 3.51. The van der Waals surface area contributed by atoms with E-state index in [0.717, 1.165) is 16.8 Å². The van der Waals surface area contributed by atoms with Crippen molar-refractivity contribution in [3.05, 3.63) is 70.6 Å². The molecule has 0 bridgehead atoms. The number of anilines is 1. The summed E-state index contributed by atoms with van der Waals surface area (Å²) in [6, 6.07) is 16.4. The number of rotatable bonds is 4. The maximum atomic E-state index is 12.1. The molecule has 0 atom stereocenters. The number of para-hydroxylation sites is 1. The number of nitrogens with one attached hydrogen (secondary N) is 2. The van der Waals surface area contributed by atoms with Crippen molar-refractivity contribution in [2.45, 2.75) is 6.92 Å². The standard InChI is InChI=1S/C19H17N3O3S/c1-12(16-11-13-5-3-4-6-17(13)25-18(16)23)21-22-19(26)20-14-7-9-15(24-2)10-8-14/h3-11H,1-2H3,(H2,20,22,26)/b21-12+. The van der Waals surface area contributed by atoms with Crippen LogP contribution in [0.3, 0.4) is 0 Å². The molecule has 0 aliphatic rings. The van der Waals surface area contributed by atoms with Gasteiger partial charge in [-0.15, -0.1) is 0 Å². The lowest BCUT2D eigenvalue weighted by atomic mass is 10.1. The number of fused-ring (bicyclic) bond motifs is 1. The summed E-state index contributed by atoms with van der Waals surface area (Å²) < 4.78 is 10.4. The molecule has 0 aliphatic carbocycles. The zero-order chi connectivity index (χ0) is 18.5. The maximum Gasteiger partial charge on any atom is 0.345 e. The van der Waals surface area contributed by atoms with Gasteiger partial charge in [-0.05, 0) is 55.5 Å². The number of hydrogen-bond donors (Lipinski definition) is 2. The van der Waals surface area contributed by atoms with E-state index >= 15 is 0 Å². The minimum Gasteiger partial charge on any atom is -0.497 e. The molecule has 2 aromatic carbocycles. The highest BCUT2D eigenvalue weighted by atomic mass is 32.1. The van der Waals surface area contributed by atoms with Crippen LogP contribution in [-0.2, 0) is 0 Å². The number of ether oxygens (including phenoxy) is 1. The molecule has 0 amide bonds. The van der Waals surface area contributed by atoms with Gasteiger partial charge in [0.05, 0.1) is 18.4 Å². The number of nitrogens with zero attached hydrogens (tertiary/aromatic N) is 1. The van der Waals surface area contributed by atoms with Crippen LogP contribution in [0.4, 0.5) is 5.69 Å². The first kappa shape index (κ1) is 17.6. The minimum atomic E-state index is -0.444. The van der Waals surface area contributed by atoms with E-state index in [4.69, 9.17) is 21.4 Å². The van der Waals surface area contributed by atoms with Gasteiger partial charge in [-0.25, -0.2) is 4.79 Å². The fraction of sp³-hybridized carbons (Fsp3) is 0.105. The number of hydrazone groups is 1. The summed E-state index contributed by atoms with van der Waals surface area (Å²) in [6.45, 7) is 1.71. The van der Waals surface area contributed by atoms with E-state index in [9.17, 15) is 4.79 Å². The van der Waals surface area contributed by atoms with Gasteiger partial charge >= 0.3 is 5.63 Å². The minimum absolute atomic E-state index is 0.305. The Hall–Kier alpha value is -3.19. The molecule has 0 fully saturated rings. The van der Waals surface area contributed by atoms with Gasteiger partial charge in [0, 0.05) is 11.1 Å². The number of thiocarbonyl (C=S) groups is 1. The first-order valence-corrected chi connectivity index (χ1v) is 8.26. The van der Waals surface area contributed by atoms with E-state index < -0.39 is 5.63 Å². The summed E-state index contributed by atoms with van der Waals surface area (Å²) in [5, 5.41) is 8.31. The Morgan fingerprint density at radius 2 is 1.88 bits per heavy atom. The molecular weight excluding hydrogens is 350 g/mol. The first-order valence-electron chi connectivity index (χ1n) is 7.85. The van der Waals surface area contributed by atoms with Gasteiger partial charge in [0.25, 0.3) is 0 Å². The Bertz CT molecular complexity index is 1030. The molecule has 0 saturated carbocycles. The van der Waals surface area contributed by atoms with Crippen LogP contribution < -0.4 is 21.1 Å². The third kappa shape index (κ3) is 4.07. The number of benzene rings is 2. The zero-order valence-corrected chi connectivity index (χ0v) is 15.1. The van der Waals surface area contributed by atoms with Crippen molar-refractivity contribution in [1.29, 1.82) is 0 Å². The van der Waals surface area contributed by atoms with E-state index in [-0.39, 0.29) is 0 Å². The molecule has 2 N–H and O–H groups in total. The Morgan fingerprint density at radius 1 is 1.15 bits per heavy atom. The SMILES string of the molecule is COc1ccc(NC(=S)N/N=C(\C)c2cc3ccccc3oc2=O)cc1. The van der Waals surface area contributed by atoms with Crippen molar-refractivity contribution in [3.63, 3.8) is 0 Å². The van der Waals surface area contributed by atoms with E-state index in [2.05, 4.69) is 15.8 Å². The molecule has 1 aromatic heterocycles. The van der Waals surface area contributed by atoms with Crippen molar-refractivity contribution in [1.82, 2.24) is 5.43 Å².